The molecule has 0 heterocycles. The van der Waals surface area contributed by atoms with Gasteiger partial charge in [-0.1, -0.05) is 0 Å². The van der Waals surface area contributed by atoms with Gasteiger partial charge in [-0.05, 0) is 0 Å². The van der Waals surface area contributed by atoms with E-state index in [1.165, 1.54) is 58.0 Å². The minimum absolute atomic E-state index is 0.675. The topological polar surface area (TPSA) is 0 Å². The molecule has 0 spiro atoms. The molecule has 0 saturated heterocycles. The quantitative estimate of drug-likeness (QED) is 0.165. The van der Waals surface area contributed by atoms with Gasteiger partial charge in [-0.2, -0.15) is 0 Å². The zero-order chi connectivity index (χ0) is 27.5. The molecule has 2 heteroatoms. The van der Waals surface area contributed by atoms with Crippen LogP contribution in [0.15, 0.2) is 90.0 Å². The first-order valence-electron chi connectivity index (χ1n) is 15.8. The molecule has 0 N–H and O–H groups in total. The van der Waals surface area contributed by atoms with E-state index in [9.17, 15) is 0 Å². The van der Waals surface area contributed by atoms with Crippen LogP contribution in [-0.2, 0) is 17.7 Å². The number of hydrogen-bond acceptors (Lipinski definition) is 0. The summed E-state index contributed by atoms with van der Waals surface area (Å²) in [5.41, 5.74) is 10.00. The standard InChI is InChI=1S/2C11H11.C7H9Si.2C4H9.Hf/c2*1-2-9-7-10-5-3-4-6-11(10)8-9;1-8-7-5-3-2-4-6-7;2*1-3-4-2;/h2*3-8H,2H2,1H3;2-6,8H,1H3;2*1,3-4H2,2H3;. The van der Waals surface area contributed by atoms with Crippen LogP contribution < -0.4 is 5.19 Å². The van der Waals surface area contributed by atoms with Crippen LogP contribution in [0.4, 0.5) is 0 Å². The first-order valence-corrected chi connectivity index (χ1v) is 33.6. The summed E-state index contributed by atoms with van der Waals surface area (Å²) in [6.07, 6.45) is 13.0. The summed E-state index contributed by atoms with van der Waals surface area (Å²) in [6, 6.07) is 31.2. The molecule has 3 aromatic carbocycles. The predicted octanol–water partition coefficient (Wildman–Crippen LogP) is 10.5. The Kier molecular flexibility index (Phi) is 8.84. The van der Waals surface area contributed by atoms with E-state index < -0.39 is 23.7 Å². The summed E-state index contributed by atoms with van der Waals surface area (Å²) in [4.78, 5) is 0. The fourth-order valence-electron chi connectivity index (χ4n) is 9.33. The van der Waals surface area contributed by atoms with Gasteiger partial charge in [0.05, 0.1) is 0 Å². The zero-order valence-corrected chi connectivity index (χ0v) is 29.8. The van der Waals surface area contributed by atoms with Crippen molar-refractivity contribution in [2.75, 3.05) is 0 Å². The van der Waals surface area contributed by atoms with Crippen LogP contribution >= 0.6 is 0 Å². The Bertz CT molecular complexity index is 1270. The summed E-state index contributed by atoms with van der Waals surface area (Å²) in [5, 5.41) is 1.74. The Morgan fingerprint density at radius 2 is 1.03 bits per heavy atom. The van der Waals surface area contributed by atoms with Gasteiger partial charge in [0, 0.05) is 0 Å². The molecule has 0 radical (unpaired) electrons. The number of fused-ring (bicyclic) bond motifs is 2. The molecule has 0 aromatic heterocycles. The number of benzene rings is 3. The third-order valence-electron chi connectivity index (χ3n) is 11.0. The van der Waals surface area contributed by atoms with Gasteiger partial charge >= 0.3 is 242 Å². The maximum absolute atomic E-state index is 4.13. The monoisotopic (exact) mass is 701 g/mol. The van der Waals surface area contributed by atoms with E-state index in [0.717, 1.165) is 0 Å². The molecule has 3 aromatic rings. The van der Waals surface area contributed by atoms with Gasteiger partial charge in [0.15, 0.2) is 0 Å². The van der Waals surface area contributed by atoms with Crippen molar-refractivity contribution in [2.24, 2.45) is 0 Å². The molecule has 0 nitrogen and oxygen atoms in total. The molecule has 205 valence electrons. The number of allylic oxidation sites excluding steroid dienone is 2. The van der Waals surface area contributed by atoms with E-state index in [4.69, 9.17) is 0 Å². The Hall–Kier alpha value is -1.77. The van der Waals surface area contributed by atoms with E-state index in [1.807, 2.05) is 0 Å². The summed E-state index contributed by atoms with van der Waals surface area (Å²) in [6.45, 7) is 12.6. The Labute approximate surface area is 240 Å². The van der Waals surface area contributed by atoms with Crippen LogP contribution in [0.5, 0.6) is 0 Å². The van der Waals surface area contributed by atoms with Crippen molar-refractivity contribution in [3.8, 4) is 0 Å². The van der Waals surface area contributed by atoms with Crippen LogP contribution in [0.3, 0.4) is 0 Å². The zero-order valence-electron chi connectivity index (χ0n) is 25.0. The van der Waals surface area contributed by atoms with Crippen LogP contribution in [0.1, 0.15) is 95.8 Å². The molecule has 3 atom stereocenters. The molecular formula is C37H49HfSi. The molecular weight excluding hydrogens is 651 g/mol. The minimum atomic E-state index is -4.13. The van der Waals surface area contributed by atoms with Crippen molar-refractivity contribution >= 4 is 23.3 Å². The van der Waals surface area contributed by atoms with Gasteiger partial charge in [-0.3, -0.25) is 0 Å². The Morgan fingerprint density at radius 1 is 0.590 bits per heavy atom. The summed E-state index contributed by atoms with van der Waals surface area (Å²) in [7, 11) is 0. The van der Waals surface area contributed by atoms with Crippen molar-refractivity contribution in [2.45, 2.75) is 88.5 Å². The van der Waals surface area contributed by atoms with Crippen molar-refractivity contribution in [1.29, 1.82) is 0 Å². The third kappa shape index (κ3) is 4.58. The van der Waals surface area contributed by atoms with E-state index in [1.54, 1.807) is 27.5 Å². The van der Waals surface area contributed by atoms with Gasteiger partial charge in [0.2, 0.25) is 0 Å². The molecule has 3 unspecified atom stereocenters. The van der Waals surface area contributed by atoms with Crippen LogP contribution in [0, 0.1) is 0 Å². The molecule has 0 bridgehead atoms. The molecule has 0 amide bonds. The molecule has 2 aliphatic rings. The second-order valence-corrected chi connectivity index (χ2v) is 58.1. The van der Waals surface area contributed by atoms with Crippen molar-refractivity contribution < 1.29 is 17.7 Å². The van der Waals surface area contributed by atoms with E-state index >= 15 is 0 Å². The Morgan fingerprint density at radius 3 is 1.46 bits per heavy atom. The fourth-order valence-corrected chi connectivity index (χ4v) is 85.6. The molecule has 0 aliphatic heterocycles. The fraction of sp³-hybridized carbons (Fsp3) is 0.405. The molecule has 2 aliphatic carbocycles. The summed E-state index contributed by atoms with van der Waals surface area (Å²) >= 11 is -4.13. The van der Waals surface area contributed by atoms with E-state index in [2.05, 4.69) is 125 Å². The number of unbranched alkanes of at least 4 members (excludes halogenated alkanes) is 2. The predicted molar refractivity (Wildman–Crippen MR) is 173 cm³/mol. The van der Waals surface area contributed by atoms with E-state index in [0.29, 0.717) is 7.35 Å². The second-order valence-electron chi connectivity index (χ2n) is 12.6. The SMILES string of the molecule is CCC[CH2][Hf]([CH2]CCC)([CH]1C(CC)=Cc2ccccc21)([CH]1C(CC)=Cc2ccccc21)[SiH](C)c1ccccc1. The van der Waals surface area contributed by atoms with Crippen molar-refractivity contribution in [1.82, 2.24) is 0 Å². The normalized spacial score (nSPS) is 20.0. The molecule has 39 heavy (non-hydrogen) atoms. The van der Waals surface area contributed by atoms with E-state index in [-0.39, 0.29) is 0 Å². The number of rotatable bonds is 12. The second kappa shape index (κ2) is 12.0. The van der Waals surface area contributed by atoms with Crippen molar-refractivity contribution in [3.05, 3.63) is 112 Å². The molecule has 0 fully saturated rings. The van der Waals surface area contributed by atoms with Crippen molar-refractivity contribution in [3.63, 3.8) is 0 Å². The van der Waals surface area contributed by atoms with Crippen LogP contribution in [0.25, 0.3) is 12.2 Å². The maximum atomic E-state index is 2.85. The first-order chi connectivity index (χ1) is 19.0. The van der Waals surface area contributed by atoms with Gasteiger partial charge in [0.25, 0.3) is 0 Å². The van der Waals surface area contributed by atoms with Gasteiger partial charge in [0.1, 0.15) is 0 Å². The third-order valence-corrected chi connectivity index (χ3v) is 79.3. The van der Waals surface area contributed by atoms with Gasteiger partial charge < -0.3 is 0 Å². The molecule has 0 saturated carbocycles. The van der Waals surface area contributed by atoms with Crippen LogP contribution in [-0.4, -0.2) is 5.98 Å². The molecule has 5 rings (SSSR count). The summed E-state index contributed by atoms with van der Waals surface area (Å²) < 4.78 is 4.38. The van der Waals surface area contributed by atoms with Gasteiger partial charge in [-0.25, -0.2) is 0 Å². The summed E-state index contributed by atoms with van der Waals surface area (Å²) in [5.74, 6) is -1.40. The van der Waals surface area contributed by atoms with Crippen LogP contribution in [0.2, 0.25) is 14.9 Å². The first kappa shape index (κ1) is 28.7. The Balaban J connectivity index is 1.95. The van der Waals surface area contributed by atoms with Gasteiger partial charge in [-0.15, -0.1) is 0 Å². The number of hydrogen-bond donors (Lipinski definition) is 0. The average Bonchev–Trinajstić information content (AvgIpc) is 3.58. The average molecular weight is 700 g/mol.